The van der Waals surface area contributed by atoms with Crippen molar-refractivity contribution in [2.24, 2.45) is 0 Å². The molecule has 1 aromatic heterocycles. The normalized spacial score (nSPS) is 11.5. The fraction of sp³-hybridized carbons (Fsp3) is 0.364. The minimum absolute atomic E-state index is 0.353. The van der Waals surface area contributed by atoms with Crippen LogP contribution in [0.1, 0.15) is 26.5 Å². The highest BCUT2D eigenvalue weighted by Crippen LogP contribution is 2.09. The van der Waals surface area contributed by atoms with Crippen LogP contribution in [0.15, 0.2) is 17.4 Å². The number of rotatable bonds is 2. The third-order valence-electron chi connectivity index (χ3n) is 1.53. The van der Waals surface area contributed by atoms with E-state index >= 15 is 0 Å². The highest BCUT2D eigenvalue weighted by molar-refractivity contribution is 9.11. The number of hydrogen-bond acceptors (Lipinski definition) is 4. The molecule has 6 heteroatoms. The Bertz CT molecular complexity index is 410. The van der Waals surface area contributed by atoms with Crippen molar-refractivity contribution in [3.63, 3.8) is 0 Å². The van der Waals surface area contributed by atoms with Gasteiger partial charge in [-0.1, -0.05) is 15.9 Å². The molecule has 1 aromatic rings. The van der Waals surface area contributed by atoms with Crippen LogP contribution in [-0.4, -0.2) is 21.7 Å². The van der Waals surface area contributed by atoms with Crippen LogP contribution in [0, 0.1) is 0 Å². The summed E-state index contributed by atoms with van der Waals surface area (Å²) >= 11 is 3.14. The van der Waals surface area contributed by atoms with Gasteiger partial charge in [0, 0.05) is 0 Å². The van der Waals surface area contributed by atoms with Crippen molar-refractivity contribution in [3.8, 4) is 0 Å². The van der Waals surface area contributed by atoms with Crippen molar-refractivity contribution in [2.75, 3.05) is 5.32 Å². The first-order chi connectivity index (χ1) is 7.90. The van der Waals surface area contributed by atoms with E-state index in [9.17, 15) is 4.79 Å². The molecule has 1 amide bonds. The number of nitrogens with zero attached hydrogens (tertiary/aromatic N) is 2. The SMILES string of the molecule is CC(C)(C)OC(=O)Nc1cnc(/C=C/Br)cn1. The molecule has 1 N–H and O–H groups in total. The van der Waals surface area contributed by atoms with Crippen LogP contribution >= 0.6 is 15.9 Å². The highest BCUT2D eigenvalue weighted by Gasteiger charge is 2.16. The fourth-order valence-corrected chi connectivity index (χ4v) is 1.23. The van der Waals surface area contributed by atoms with Gasteiger partial charge in [-0.3, -0.25) is 10.3 Å². The van der Waals surface area contributed by atoms with E-state index in [-0.39, 0.29) is 0 Å². The number of halogens is 1. The lowest BCUT2D eigenvalue weighted by Crippen LogP contribution is -2.27. The summed E-state index contributed by atoms with van der Waals surface area (Å²) < 4.78 is 5.08. The van der Waals surface area contributed by atoms with Gasteiger partial charge in [-0.05, 0) is 31.8 Å². The molecule has 0 atom stereocenters. The van der Waals surface area contributed by atoms with E-state index in [2.05, 4.69) is 31.2 Å². The average molecular weight is 300 g/mol. The smallest absolute Gasteiger partial charge is 0.413 e. The van der Waals surface area contributed by atoms with Crippen LogP contribution in [0.3, 0.4) is 0 Å². The minimum Gasteiger partial charge on any atom is -0.444 e. The molecular formula is C11H14BrN3O2. The van der Waals surface area contributed by atoms with Crippen LogP contribution < -0.4 is 5.32 Å². The Hall–Kier alpha value is -1.43. The molecule has 0 unspecified atom stereocenters. The van der Waals surface area contributed by atoms with E-state index in [0.717, 1.165) is 0 Å². The zero-order chi connectivity index (χ0) is 12.9. The molecule has 0 radical (unpaired) electrons. The van der Waals surface area contributed by atoms with Crippen LogP contribution in [0.25, 0.3) is 6.08 Å². The number of anilines is 1. The predicted molar refractivity (Wildman–Crippen MR) is 69.8 cm³/mol. The molecule has 0 saturated carbocycles. The highest BCUT2D eigenvalue weighted by atomic mass is 79.9. The third kappa shape index (κ3) is 5.44. The van der Waals surface area contributed by atoms with Gasteiger partial charge in [0.1, 0.15) is 5.60 Å². The van der Waals surface area contributed by atoms with E-state index in [0.29, 0.717) is 11.5 Å². The molecule has 17 heavy (non-hydrogen) atoms. The third-order valence-corrected chi connectivity index (χ3v) is 1.80. The second-order valence-electron chi connectivity index (χ2n) is 4.25. The zero-order valence-electron chi connectivity index (χ0n) is 9.90. The Morgan fingerprint density at radius 2 is 2.12 bits per heavy atom. The number of carbonyl (C=O) groups excluding carboxylic acids is 1. The van der Waals surface area contributed by atoms with Gasteiger partial charge in [-0.2, -0.15) is 0 Å². The largest absolute Gasteiger partial charge is 0.444 e. The summed E-state index contributed by atoms with van der Waals surface area (Å²) in [4.78, 5) is 21.2. The van der Waals surface area contributed by atoms with Gasteiger partial charge in [0.05, 0.1) is 18.1 Å². The van der Waals surface area contributed by atoms with Crippen molar-refractivity contribution in [2.45, 2.75) is 26.4 Å². The standard InChI is InChI=1S/C11H14BrN3O2/c1-11(2,3)17-10(16)15-9-7-13-8(4-5-12)6-14-9/h4-7H,1-3H3,(H,14,15,16)/b5-4+. The van der Waals surface area contributed by atoms with Crippen molar-refractivity contribution in [1.82, 2.24) is 9.97 Å². The van der Waals surface area contributed by atoms with Crippen molar-refractivity contribution in [1.29, 1.82) is 0 Å². The lowest BCUT2D eigenvalue weighted by molar-refractivity contribution is 0.0635. The van der Waals surface area contributed by atoms with E-state index in [1.807, 2.05) is 0 Å². The van der Waals surface area contributed by atoms with Gasteiger partial charge in [0.25, 0.3) is 0 Å². The Balaban J connectivity index is 2.60. The Kier molecular flexibility index (Phi) is 4.62. The van der Waals surface area contributed by atoms with Crippen molar-refractivity contribution >= 4 is 33.9 Å². The maximum absolute atomic E-state index is 11.4. The zero-order valence-corrected chi connectivity index (χ0v) is 11.5. The van der Waals surface area contributed by atoms with Gasteiger partial charge in [0.15, 0.2) is 5.82 Å². The van der Waals surface area contributed by atoms with E-state index < -0.39 is 11.7 Å². The first kappa shape index (κ1) is 13.6. The van der Waals surface area contributed by atoms with Gasteiger partial charge in [-0.15, -0.1) is 0 Å². The molecule has 0 aliphatic rings. The Labute approximate surface area is 108 Å². The van der Waals surface area contributed by atoms with Gasteiger partial charge in [0.2, 0.25) is 0 Å². The maximum Gasteiger partial charge on any atom is 0.413 e. The summed E-state index contributed by atoms with van der Waals surface area (Å²) in [6.07, 6.45) is 4.21. The average Bonchev–Trinajstić information content (AvgIpc) is 2.18. The van der Waals surface area contributed by atoms with Crippen LogP contribution in [0.4, 0.5) is 10.6 Å². The molecule has 0 saturated heterocycles. The van der Waals surface area contributed by atoms with Gasteiger partial charge in [-0.25, -0.2) is 9.78 Å². The molecular weight excluding hydrogens is 286 g/mol. The van der Waals surface area contributed by atoms with E-state index in [4.69, 9.17) is 4.74 Å². The molecule has 1 rings (SSSR count). The predicted octanol–water partition coefficient (Wildman–Crippen LogP) is 3.19. The second kappa shape index (κ2) is 5.77. The minimum atomic E-state index is -0.546. The molecule has 0 aliphatic carbocycles. The second-order valence-corrected chi connectivity index (χ2v) is 4.77. The molecule has 0 aliphatic heterocycles. The van der Waals surface area contributed by atoms with Gasteiger partial charge >= 0.3 is 6.09 Å². The number of nitrogens with one attached hydrogen (secondary N) is 1. The quantitative estimate of drug-likeness (QED) is 0.911. The topological polar surface area (TPSA) is 64.1 Å². The lowest BCUT2D eigenvalue weighted by atomic mass is 10.2. The molecule has 0 aromatic carbocycles. The number of aromatic nitrogens is 2. The molecule has 5 nitrogen and oxygen atoms in total. The van der Waals surface area contributed by atoms with Gasteiger partial charge < -0.3 is 4.74 Å². The molecule has 0 fully saturated rings. The monoisotopic (exact) mass is 299 g/mol. The summed E-state index contributed by atoms with van der Waals surface area (Å²) in [6, 6.07) is 0. The molecule has 0 spiro atoms. The van der Waals surface area contributed by atoms with Crippen LogP contribution in [0.5, 0.6) is 0 Å². The molecule has 0 bridgehead atoms. The summed E-state index contributed by atoms with van der Waals surface area (Å²) in [7, 11) is 0. The Morgan fingerprint density at radius 1 is 1.41 bits per heavy atom. The Morgan fingerprint density at radius 3 is 2.59 bits per heavy atom. The first-order valence-electron chi connectivity index (χ1n) is 4.99. The number of amides is 1. The first-order valence-corrected chi connectivity index (χ1v) is 5.91. The lowest BCUT2D eigenvalue weighted by Gasteiger charge is -2.19. The number of carbonyl (C=O) groups is 1. The molecule has 92 valence electrons. The maximum atomic E-state index is 11.4. The van der Waals surface area contributed by atoms with E-state index in [1.165, 1.54) is 6.20 Å². The van der Waals surface area contributed by atoms with Crippen molar-refractivity contribution < 1.29 is 9.53 Å². The summed E-state index contributed by atoms with van der Waals surface area (Å²) in [6.45, 7) is 5.38. The van der Waals surface area contributed by atoms with Crippen LogP contribution in [0.2, 0.25) is 0 Å². The molecule has 1 heterocycles. The number of ether oxygens (including phenoxy) is 1. The fourth-order valence-electron chi connectivity index (χ4n) is 0.961. The summed E-state index contributed by atoms with van der Waals surface area (Å²) in [5.74, 6) is 0.353. The van der Waals surface area contributed by atoms with Crippen LogP contribution in [-0.2, 0) is 4.74 Å². The summed E-state index contributed by atoms with van der Waals surface area (Å²) in [5.41, 5.74) is 0.160. The summed E-state index contributed by atoms with van der Waals surface area (Å²) in [5, 5.41) is 2.50. The van der Waals surface area contributed by atoms with Crippen molar-refractivity contribution in [3.05, 3.63) is 23.1 Å². The number of hydrogen-bond donors (Lipinski definition) is 1. The van der Waals surface area contributed by atoms with E-state index in [1.54, 1.807) is 38.0 Å².